The molecule has 4 aliphatic carbocycles. The normalized spacial score (nSPS) is 42.5. The summed E-state index contributed by atoms with van der Waals surface area (Å²) in [5.41, 5.74) is 1.42. The molecule has 0 amide bonds. The van der Waals surface area contributed by atoms with Crippen molar-refractivity contribution in [3.8, 4) is 0 Å². The number of hydrogen-bond donors (Lipinski definition) is 0. The predicted octanol–water partition coefficient (Wildman–Crippen LogP) is 4.45. The number of carbonyl (C=O) groups excluding carboxylic acids is 4. The number of esters is 3. The second-order valence-electron chi connectivity index (χ2n) is 13.0. The third-order valence-electron chi connectivity index (χ3n) is 10.7. The van der Waals surface area contributed by atoms with E-state index in [-0.39, 0.29) is 30.0 Å². The lowest BCUT2D eigenvalue weighted by Crippen LogP contribution is -2.55. The van der Waals surface area contributed by atoms with Crippen molar-refractivity contribution in [2.24, 2.45) is 28.6 Å². The Kier molecular flexibility index (Phi) is 8.18. The molecule has 1 saturated heterocycles. The molecule has 1 heterocycles. The van der Waals surface area contributed by atoms with Crippen molar-refractivity contribution in [3.63, 3.8) is 0 Å². The van der Waals surface area contributed by atoms with Crippen LogP contribution in [0, 0.1) is 28.6 Å². The number of ether oxygens (including phenoxy) is 5. The number of hydrogen-bond acceptors (Lipinski definition) is 9. The summed E-state index contributed by atoms with van der Waals surface area (Å²) in [6.07, 6.45) is 6.93. The van der Waals surface area contributed by atoms with Crippen molar-refractivity contribution in [3.05, 3.63) is 11.6 Å². The highest BCUT2D eigenvalue weighted by molar-refractivity contribution is 5.87. The van der Waals surface area contributed by atoms with E-state index in [0.717, 1.165) is 51.4 Å². The smallest absolute Gasteiger partial charge is 0.303 e. The molecule has 5 aliphatic rings. The first-order chi connectivity index (χ1) is 18.9. The fourth-order valence-corrected chi connectivity index (χ4v) is 8.71. The van der Waals surface area contributed by atoms with Crippen LogP contribution in [0.5, 0.6) is 0 Å². The molecule has 0 aromatic carbocycles. The summed E-state index contributed by atoms with van der Waals surface area (Å²) in [5, 5.41) is 0. The summed E-state index contributed by atoms with van der Waals surface area (Å²) in [6, 6.07) is 0. The number of allylic oxidation sites excluding steroid dienone is 1. The van der Waals surface area contributed by atoms with E-state index in [0.29, 0.717) is 23.5 Å². The van der Waals surface area contributed by atoms with E-state index in [1.54, 1.807) is 0 Å². The highest BCUT2D eigenvalue weighted by Crippen LogP contribution is 2.64. The van der Waals surface area contributed by atoms with E-state index < -0.39 is 42.5 Å². The zero-order valence-electron chi connectivity index (χ0n) is 24.4. The van der Waals surface area contributed by atoms with Crippen LogP contribution in [-0.2, 0) is 42.9 Å². The molecule has 0 unspecified atom stereocenters. The summed E-state index contributed by atoms with van der Waals surface area (Å²) in [6.45, 7) is 8.35. The Hall–Kier alpha value is -2.26. The van der Waals surface area contributed by atoms with Crippen molar-refractivity contribution in [2.75, 3.05) is 6.61 Å². The van der Waals surface area contributed by atoms with E-state index in [2.05, 4.69) is 19.9 Å². The van der Waals surface area contributed by atoms with Crippen LogP contribution in [0.3, 0.4) is 0 Å². The van der Waals surface area contributed by atoms with Crippen LogP contribution in [0.1, 0.15) is 92.4 Å². The van der Waals surface area contributed by atoms with Gasteiger partial charge in [-0.2, -0.15) is 0 Å². The zero-order valence-corrected chi connectivity index (χ0v) is 24.4. The van der Waals surface area contributed by atoms with E-state index in [1.165, 1.54) is 26.3 Å². The summed E-state index contributed by atoms with van der Waals surface area (Å²) in [5.74, 6) is 0.591. The Bertz CT molecular complexity index is 1070. The minimum absolute atomic E-state index is 0.0691. The van der Waals surface area contributed by atoms with Gasteiger partial charge in [0.2, 0.25) is 0 Å². The predicted molar refractivity (Wildman–Crippen MR) is 143 cm³/mol. The summed E-state index contributed by atoms with van der Waals surface area (Å²) in [4.78, 5) is 47.9. The van der Waals surface area contributed by atoms with E-state index in [4.69, 9.17) is 23.7 Å². The van der Waals surface area contributed by atoms with Crippen LogP contribution < -0.4 is 0 Å². The average Bonchev–Trinajstić information content (AvgIpc) is 3.18. The molecule has 0 radical (unpaired) electrons. The van der Waals surface area contributed by atoms with Gasteiger partial charge in [0.15, 0.2) is 12.4 Å². The molecule has 0 bridgehead atoms. The van der Waals surface area contributed by atoms with Gasteiger partial charge in [-0.1, -0.05) is 25.5 Å². The largest absolute Gasteiger partial charge is 0.463 e. The van der Waals surface area contributed by atoms with Crippen LogP contribution in [0.2, 0.25) is 0 Å². The maximum atomic E-state index is 12.7. The molecule has 0 aromatic rings. The van der Waals surface area contributed by atoms with Crippen molar-refractivity contribution in [1.82, 2.24) is 0 Å². The van der Waals surface area contributed by atoms with E-state index in [1.807, 2.05) is 0 Å². The first kappa shape index (κ1) is 29.2. The van der Waals surface area contributed by atoms with Gasteiger partial charge in [-0.25, -0.2) is 0 Å². The molecule has 10 atom stereocenters. The van der Waals surface area contributed by atoms with Crippen LogP contribution in [0.4, 0.5) is 0 Å². The molecule has 40 heavy (non-hydrogen) atoms. The molecular formula is C31H44O9. The van der Waals surface area contributed by atoms with Gasteiger partial charge >= 0.3 is 17.9 Å². The van der Waals surface area contributed by atoms with Crippen LogP contribution in [-0.4, -0.2) is 61.0 Å². The maximum absolute atomic E-state index is 12.7. The quantitative estimate of drug-likeness (QED) is 0.264. The van der Waals surface area contributed by atoms with Crippen molar-refractivity contribution < 1.29 is 42.9 Å². The Morgan fingerprint density at radius 3 is 2.35 bits per heavy atom. The van der Waals surface area contributed by atoms with Gasteiger partial charge in [0.05, 0.1) is 6.10 Å². The van der Waals surface area contributed by atoms with Gasteiger partial charge in [0.1, 0.15) is 24.6 Å². The minimum atomic E-state index is -0.910. The lowest BCUT2D eigenvalue weighted by atomic mass is 9.48. The molecule has 4 fully saturated rings. The van der Waals surface area contributed by atoms with Gasteiger partial charge < -0.3 is 23.7 Å². The third-order valence-corrected chi connectivity index (χ3v) is 10.7. The Morgan fingerprint density at radius 1 is 0.950 bits per heavy atom. The summed E-state index contributed by atoms with van der Waals surface area (Å²) >= 11 is 0. The zero-order chi connectivity index (χ0) is 28.8. The minimum Gasteiger partial charge on any atom is -0.463 e. The highest BCUT2D eigenvalue weighted by Gasteiger charge is 2.58. The Morgan fingerprint density at radius 2 is 1.65 bits per heavy atom. The summed E-state index contributed by atoms with van der Waals surface area (Å²) < 4.78 is 28.8. The van der Waals surface area contributed by atoms with Crippen LogP contribution in [0.25, 0.3) is 0 Å². The van der Waals surface area contributed by atoms with E-state index >= 15 is 0 Å². The Labute approximate surface area is 236 Å². The van der Waals surface area contributed by atoms with Crippen molar-refractivity contribution in [1.29, 1.82) is 0 Å². The fourth-order valence-electron chi connectivity index (χ4n) is 8.71. The van der Waals surface area contributed by atoms with Gasteiger partial charge in [0.25, 0.3) is 0 Å². The second-order valence-corrected chi connectivity index (χ2v) is 13.0. The third kappa shape index (κ3) is 5.48. The standard InChI is InChI=1S/C31H44O9/c1-17(32)36-16-26-29(38-19(3)34)25(37-18(2)33)15-28(40-26)39-21-10-12-30(4)20(14-21)6-7-22-23-8-9-27(35)31(23,5)13-11-24(22)30/h6,21-26,28-29H,7-16H2,1-5H3/t21-,22-,23-,24-,25+,26+,28-,29-,30-,31-/m0/s1. The van der Waals surface area contributed by atoms with Gasteiger partial charge in [0, 0.05) is 39.0 Å². The number of carbonyl (C=O) groups is 4. The summed E-state index contributed by atoms with van der Waals surface area (Å²) in [7, 11) is 0. The molecule has 222 valence electrons. The van der Waals surface area contributed by atoms with Crippen molar-refractivity contribution in [2.45, 2.75) is 123 Å². The Balaban J connectivity index is 1.28. The molecule has 5 rings (SSSR count). The van der Waals surface area contributed by atoms with E-state index in [9.17, 15) is 19.2 Å². The topological polar surface area (TPSA) is 114 Å². The average molecular weight is 561 g/mol. The van der Waals surface area contributed by atoms with Crippen LogP contribution >= 0.6 is 0 Å². The number of fused-ring (bicyclic) bond motifs is 5. The highest BCUT2D eigenvalue weighted by atomic mass is 16.7. The van der Waals surface area contributed by atoms with Gasteiger partial charge in [-0.3, -0.25) is 19.2 Å². The molecule has 0 aromatic heterocycles. The molecule has 9 heteroatoms. The number of Topliss-reactive ketones (excluding diaryl/α,β-unsaturated/α-hetero) is 1. The van der Waals surface area contributed by atoms with Gasteiger partial charge in [-0.15, -0.1) is 0 Å². The monoisotopic (exact) mass is 560 g/mol. The first-order valence-electron chi connectivity index (χ1n) is 14.9. The second kappa shape index (κ2) is 11.2. The molecule has 1 aliphatic heterocycles. The number of rotatable bonds is 6. The SMILES string of the molecule is CC(=O)OC[C@H]1O[C@H](O[C@H]2CC[C@@]3(C)C(=CC[C@@H]4[C@@H]3CC[C@]3(C)C(=O)CC[C@@H]43)C2)C[C@@H](OC(C)=O)[C@@H]1OC(C)=O. The first-order valence-corrected chi connectivity index (χ1v) is 14.9. The maximum Gasteiger partial charge on any atom is 0.303 e. The molecule has 9 nitrogen and oxygen atoms in total. The molecule has 0 N–H and O–H groups in total. The fraction of sp³-hybridized carbons (Fsp3) is 0.806. The van der Waals surface area contributed by atoms with Crippen molar-refractivity contribution >= 4 is 23.7 Å². The van der Waals surface area contributed by atoms with Gasteiger partial charge in [-0.05, 0) is 68.1 Å². The van der Waals surface area contributed by atoms with Crippen LogP contribution in [0.15, 0.2) is 11.6 Å². The molecule has 3 saturated carbocycles. The molecule has 0 spiro atoms. The number of ketones is 1. The molecular weight excluding hydrogens is 516 g/mol. The lowest BCUT2D eigenvalue weighted by molar-refractivity contribution is -0.278. The lowest BCUT2D eigenvalue weighted by Gasteiger charge is -2.57.